The quantitative estimate of drug-likeness (QED) is 0.514. The van der Waals surface area contributed by atoms with E-state index >= 15 is 0 Å². The molecule has 2 N–H and O–H groups in total. The minimum atomic E-state index is -0.109. The number of benzene rings is 1. The van der Waals surface area contributed by atoms with E-state index in [0.717, 1.165) is 61.4 Å². The van der Waals surface area contributed by atoms with Gasteiger partial charge in [0.15, 0.2) is 5.65 Å². The van der Waals surface area contributed by atoms with Gasteiger partial charge in [-0.25, -0.2) is 4.98 Å². The summed E-state index contributed by atoms with van der Waals surface area (Å²) >= 11 is 0. The van der Waals surface area contributed by atoms with Gasteiger partial charge in [0, 0.05) is 37.4 Å². The van der Waals surface area contributed by atoms with Gasteiger partial charge >= 0.3 is 0 Å². The highest BCUT2D eigenvalue weighted by molar-refractivity contribution is 5.90. The number of nitrogens with zero attached hydrogens (tertiary/aromatic N) is 5. The highest BCUT2D eigenvalue weighted by atomic mass is 16.5. The van der Waals surface area contributed by atoms with Gasteiger partial charge in [-0.1, -0.05) is 0 Å². The number of rotatable bonds is 7. The first kappa shape index (κ1) is 24.7. The third kappa shape index (κ3) is 4.96. The number of hydrogen-bond acceptors (Lipinski definition) is 9. The fourth-order valence-corrected chi connectivity index (χ4v) is 5.21. The topological polar surface area (TPSA) is 104 Å². The van der Waals surface area contributed by atoms with Gasteiger partial charge in [0.2, 0.25) is 5.95 Å². The van der Waals surface area contributed by atoms with E-state index in [2.05, 4.69) is 22.8 Å². The van der Waals surface area contributed by atoms with Crippen molar-refractivity contribution in [3.05, 3.63) is 35.9 Å². The Labute approximate surface area is 211 Å². The molecular weight excluding hydrogens is 458 g/mol. The summed E-state index contributed by atoms with van der Waals surface area (Å²) < 4.78 is 11.0. The zero-order valence-electron chi connectivity index (χ0n) is 21.1. The van der Waals surface area contributed by atoms with Crippen molar-refractivity contribution >= 4 is 22.8 Å². The predicted octanol–water partition coefficient (Wildman–Crippen LogP) is 3.02. The Morgan fingerprint density at radius 2 is 1.89 bits per heavy atom. The van der Waals surface area contributed by atoms with Crippen LogP contribution in [0.15, 0.2) is 30.3 Å². The van der Waals surface area contributed by atoms with Crippen molar-refractivity contribution in [1.82, 2.24) is 15.0 Å². The zero-order chi connectivity index (χ0) is 25.1. The average Bonchev–Trinajstić information content (AvgIpc) is 2.92. The lowest BCUT2D eigenvalue weighted by molar-refractivity contribution is 0.0987. The molecule has 9 heteroatoms. The maximum Gasteiger partial charge on any atom is 0.229 e. The number of pyridine rings is 1. The van der Waals surface area contributed by atoms with E-state index in [1.54, 1.807) is 7.11 Å². The monoisotopic (exact) mass is 493 g/mol. The number of fused-ring (bicyclic) bond motifs is 1. The summed E-state index contributed by atoms with van der Waals surface area (Å²) in [6.45, 7) is 6.12. The lowest BCUT2D eigenvalue weighted by Crippen LogP contribution is -2.44. The highest BCUT2D eigenvalue weighted by Crippen LogP contribution is 2.33. The number of methoxy groups -OCH3 is 1. The second kappa shape index (κ2) is 10.9. The van der Waals surface area contributed by atoms with E-state index in [4.69, 9.17) is 24.4 Å². The van der Waals surface area contributed by atoms with Crippen LogP contribution in [-0.2, 0) is 11.3 Å². The van der Waals surface area contributed by atoms with E-state index in [9.17, 15) is 10.2 Å². The molecule has 2 aliphatic heterocycles. The van der Waals surface area contributed by atoms with E-state index in [1.165, 1.54) is 0 Å². The maximum atomic E-state index is 9.77. The molecule has 1 aromatic carbocycles. The zero-order valence-corrected chi connectivity index (χ0v) is 21.1. The second-order valence-corrected chi connectivity index (χ2v) is 9.66. The summed E-state index contributed by atoms with van der Waals surface area (Å²) in [5.41, 5.74) is 3.05. The fourth-order valence-electron chi connectivity index (χ4n) is 5.21. The summed E-state index contributed by atoms with van der Waals surface area (Å²) in [7, 11) is 1.60. The van der Waals surface area contributed by atoms with Crippen molar-refractivity contribution < 1.29 is 19.7 Å². The van der Waals surface area contributed by atoms with Crippen LogP contribution in [0, 0.1) is 5.92 Å². The van der Waals surface area contributed by atoms with Crippen LogP contribution >= 0.6 is 0 Å². The van der Waals surface area contributed by atoms with Crippen LogP contribution in [0.5, 0.6) is 5.75 Å². The molecule has 2 aromatic heterocycles. The standard InChI is InChI=1S/C27H35N5O4/c1-18-17-36-14-12-32(18)26-22-4-5-23(20-3-6-24(35-2)21(15-20)16-34)28-25(22)29-27(30-26)31-10-7-19(8-11-31)9-13-33/h3-6,15,18-19,33-34H,7-14,16-17H2,1-2H3/t18-/m0/s1. The molecule has 1 atom stereocenters. The van der Waals surface area contributed by atoms with Crippen LogP contribution in [0.4, 0.5) is 11.8 Å². The number of aromatic nitrogens is 3. The summed E-state index contributed by atoms with van der Waals surface area (Å²) in [4.78, 5) is 19.5. The average molecular weight is 494 g/mol. The molecule has 192 valence electrons. The Balaban J connectivity index is 1.56. The van der Waals surface area contributed by atoms with Gasteiger partial charge in [0.25, 0.3) is 0 Å². The van der Waals surface area contributed by atoms with Gasteiger partial charge in [-0.3, -0.25) is 0 Å². The summed E-state index contributed by atoms with van der Waals surface area (Å²) in [5.74, 6) is 2.80. The molecule has 0 radical (unpaired) electrons. The molecule has 36 heavy (non-hydrogen) atoms. The first-order valence-electron chi connectivity index (χ1n) is 12.8. The second-order valence-electron chi connectivity index (χ2n) is 9.66. The number of ether oxygens (including phenoxy) is 2. The summed E-state index contributed by atoms with van der Waals surface area (Å²) in [6.07, 6.45) is 2.90. The molecule has 0 bridgehead atoms. The van der Waals surface area contributed by atoms with Crippen LogP contribution in [0.1, 0.15) is 31.7 Å². The van der Waals surface area contributed by atoms with Crippen LogP contribution in [0.2, 0.25) is 0 Å². The smallest absolute Gasteiger partial charge is 0.229 e. The maximum absolute atomic E-state index is 9.77. The number of piperidine rings is 1. The molecule has 0 unspecified atom stereocenters. The van der Waals surface area contributed by atoms with E-state index in [1.807, 2.05) is 24.3 Å². The minimum absolute atomic E-state index is 0.109. The van der Waals surface area contributed by atoms with Crippen molar-refractivity contribution in [1.29, 1.82) is 0 Å². The van der Waals surface area contributed by atoms with E-state index in [-0.39, 0.29) is 19.3 Å². The predicted molar refractivity (Wildman–Crippen MR) is 140 cm³/mol. The SMILES string of the molecule is COc1ccc(-c2ccc3c(N4CCOC[C@@H]4C)nc(N4CCC(CCO)CC4)nc3n2)cc1CO. The lowest BCUT2D eigenvalue weighted by Gasteiger charge is -2.36. The molecule has 9 nitrogen and oxygen atoms in total. The molecule has 2 fully saturated rings. The van der Waals surface area contributed by atoms with Gasteiger partial charge in [-0.15, -0.1) is 0 Å². The minimum Gasteiger partial charge on any atom is -0.496 e. The van der Waals surface area contributed by atoms with Crippen LogP contribution in [0.3, 0.4) is 0 Å². The molecule has 4 heterocycles. The van der Waals surface area contributed by atoms with E-state index in [0.29, 0.717) is 42.0 Å². The highest BCUT2D eigenvalue weighted by Gasteiger charge is 2.27. The van der Waals surface area contributed by atoms with Crippen molar-refractivity contribution in [2.75, 3.05) is 56.4 Å². The molecule has 3 aromatic rings. The molecule has 5 rings (SSSR count). The Bertz CT molecular complexity index is 1200. The first-order valence-corrected chi connectivity index (χ1v) is 12.8. The lowest BCUT2D eigenvalue weighted by atomic mass is 9.94. The van der Waals surface area contributed by atoms with Gasteiger partial charge in [-0.2, -0.15) is 9.97 Å². The number of aliphatic hydroxyl groups excluding tert-OH is 2. The normalized spacial score (nSPS) is 19.2. The molecule has 2 saturated heterocycles. The Morgan fingerprint density at radius 1 is 1.06 bits per heavy atom. The molecular formula is C27H35N5O4. The Kier molecular flexibility index (Phi) is 7.50. The Morgan fingerprint density at radius 3 is 2.61 bits per heavy atom. The van der Waals surface area contributed by atoms with Gasteiger partial charge in [0.1, 0.15) is 11.6 Å². The van der Waals surface area contributed by atoms with Gasteiger partial charge in [-0.05, 0) is 62.4 Å². The van der Waals surface area contributed by atoms with Crippen molar-refractivity contribution in [2.24, 2.45) is 5.92 Å². The Hall–Kier alpha value is -3.01. The number of hydrogen-bond donors (Lipinski definition) is 2. The molecule has 0 saturated carbocycles. The van der Waals surface area contributed by atoms with E-state index < -0.39 is 0 Å². The molecule has 0 amide bonds. The van der Waals surface area contributed by atoms with Gasteiger partial charge in [0.05, 0.1) is 44.1 Å². The molecule has 2 aliphatic rings. The third-order valence-electron chi connectivity index (χ3n) is 7.35. The number of morpholine rings is 1. The van der Waals surface area contributed by atoms with Crippen molar-refractivity contribution in [3.8, 4) is 17.0 Å². The number of anilines is 2. The van der Waals surface area contributed by atoms with Crippen LogP contribution in [0.25, 0.3) is 22.3 Å². The van der Waals surface area contributed by atoms with Crippen LogP contribution in [-0.4, -0.2) is 77.8 Å². The summed E-state index contributed by atoms with van der Waals surface area (Å²) in [5, 5.41) is 20.0. The largest absolute Gasteiger partial charge is 0.496 e. The number of aliphatic hydroxyl groups is 2. The first-order chi connectivity index (χ1) is 17.6. The fraction of sp³-hybridized carbons (Fsp3) is 0.519. The van der Waals surface area contributed by atoms with Crippen molar-refractivity contribution in [2.45, 2.75) is 38.8 Å². The summed E-state index contributed by atoms with van der Waals surface area (Å²) in [6, 6.07) is 9.96. The third-order valence-corrected chi connectivity index (χ3v) is 7.35. The van der Waals surface area contributed by atoms with Gasteiger partial charge < -0.3 is 29.5 Å². The van der Waals surface area contributed by atoms with Crippen molar-refractivity contribution in [3.63, 3.8) is 0 Å². The molecule has 0 spiro atoms. The van der Waals surface area contributed by atoms with Crippen LogP contribution < -0.4 is 14.5 Å². The molecule has 0 aliphatic carbocycles.